The minimum absolute atomic E-state index is 0.213. The molecule has 1 rings (SSSR count). The zero-order valence-corrected chi connectivity index (χ0v) is 9.28. The number of aromatic carboxylic acids is 1. The summed E-state index contributed by atoms with van der Waals surface area (Å²) in [5.41, 5.74) is 1.32. The van der Waals surface area contributed by atoms with Gasteiger partial charge in [-0.15, -0.1) is 0 Å². The highest BCUT2D eigenvalue weighted by atomic mass is 16.5. The summed E-state index contributed by atoms with van der Waals surface area (Å²) in [4.78, 5) is 10.9. The van der Waals surface area contributed by atoms with Crippen molar-refractivity contribution in [3.05, 3.63) is 29.3 Å². The number of carboxylic acid groups (broad SMARTS) is 1. The van der Waals surface area contributed by atoms with Gasteiger partial charge in [0, 0.05) is 0 Å². The Morgan fingerprint density at radius 1 is 1.53 bits per heavy atom. The molecule has 3 nitrogen and oxygen atoms in total. The molecular weight excluding hydrogens is 192 g/mol. The molecule has 0 saturated carbocycles. The zero-order valence-electron chi connectivity index (χ0n) is 9.28. The summed E-state index contributed by atoms with van der Waals surface area (Å²) in [6.07, 6.45) is 1.02. The molecule has 0 aliphatic heterocycles. The van der Waals surface area contributed by atoms with Crippen LogP contribution in [0.4, 0.5) is 0 Å². The summed E-state index contributed by atoms with van der Waals surface area (Å²) >= 11 is 0. The maximum Gasteiger partial charge on any atom is 0.339 e. The van der Waals surface area contributed by atoms with E-state index in [1.54, 1.807) is 12.1 Å². The fourth-order valence-electron chi connectivity index (χ4n) is 1.43. The van der Waals surface area contributed by atoms with E-state index in [-0.39, 0.29) is 5.56 Å². The lowest BCUT2D eigenvalue weighted by Crippen LogP contribution is -2.02. The highest BCUT2D eigenvalue weighted by Gasteiger charge is 2.12. The van der Waals surface area contributed by atoms with Gasteiger partial charge >= 0.3 is 5.97 Å². The minimum atomic E-state index is -0.956. The molecule has 0 bridgehead atoms. The van der Waals surface area contributed by atoms with Crippen molar-refractivity contribution >= 4 is 5.97 Å². The summed E-state index contributed by atoms with van der Waals surface area (Å²) in [6.45, 7) is 4.21. The SMILES string of the molecule is CCC(C)c1ccc(C(=O)O)c(OC)c1. The Morgan fingerprint density at radius 3 is 2.67 bits per heavy atom. The molecule has 0 aliphatic rings. The Kier molecular flexibility index (Phi) is 3.72. The van der Waals surface area contributed by atoms with Crippen molar-refractivity contribution in [3.8, 4) is 5.75 Å². The van der Waals surface area contributed by atoms with E-state index in [2.05, 4.69) is 13.8 Å². The van der Waals surface area contributed by atoms with Crippen molar-refractivity contribution in [2.24, 2.45) is 0 Å². The van der Waals surface area contributed by atoms with Crippen LogP contribution in [-0.4, -0.2) is 18.2 Å². The highest BCUT2D eigenvalue weighted by Crippen LogP contribution is 2.26. The molecule has 0 heterocycles. The first kappa shape index (κ1) is 11.6. The standard InChI is InChI=1S/C12H16O3/c1-4-8(2)9-5-6-10(12(13)14)11(7-9)15-3/h5-8H,4H2,1-3H3,(H,13,14). The Hall–Kier alpha value is -1.51. The summed E-state index contributed by atoms with van der Waals surface area (Å²) in [7, 11) is 1.49. The van der Waals surface area contributed by atoms with E-state index in [9.17, 15) is 4.79 Å². The predicted octanol–water partition coefficient (Wildman–Crippen LogP) is 2.91. The van der Waals surface area contributed by atoms with E-state index in [0.717, 1.165) is 12.0 Å². The van der Waals surface area contributed by atoms with Crippen molar-refractivity contribution in [2.45, 2.75) is 26.2 Å². The smallest absolute Gasteiger partial charge is 0.339 e. The third kappa shape index (κ3) is 2.49. The van der Waals surface area contributed by atoms with E-state index in [1.807, 2.05) is 6.07 Å². The van der Waals surface area contributed by atoms with Gasteiger partial charge in [-0.25, -0.2) is 4.79 Å². The van der Waals surface area contributed by atoms with E-state index < -0.39 is 5.97 Å². The molecule has 0 spiro atoms. The van der Waals surface area contributed by atoms with Gasteiger partial charge in [-0.05, 0) is 30.0 Å². The van der Waals surface area contributed by atoms with Gasteiger partial charge in [0.1, 0.15) is 11.3 Å². The Balaban J connectivity index is 3.13. The fourth-order valence-corrected chi connectivity index (χ4v) is 1.43. The third-order valence-corrected chi connectivity index (χ3v) is 2.64. The molecule has 0 aliphatic carbocycles. The molecule has 1 unspecified atom stereocenters. The molecule has 0 radical (unpaired) electrons. The maximum absolute atomic E-state index is 10.9. The van der Waals surface area contributed by atoms with E-state index in [4.69, 9.17) is 9.84 Å². The van der Waals surface area contributed by atoms with Gasteiger partial charge in [0.25, 0.3) is 0 Å². The Labute approximate surface area is 89.7 Å². The quantitative estimate of drug-likeness (QED) is 0.827. The van der Waals surface area contributed by atoms with Gasteiger partial charge in [0.2, 0.25) is 0 Å². The van der Waals surface area contributed by atoms with Gasteiger partial charge in [-0.3, -0.25) is 0 Å². The first-order valence-corrected chi connectivity index (χ1v) is 5.01. The van der Waals surface area contributed by atoms with E-state index in [1.165, 1.54) is 7.11 Å². The molecule has 1 N–H and O–H groups in total. The molecule has 0 saturated heterocycles. The number of methoxy groups -OCH3 is 1. The summed E-state index contributed by atoms with van der Waals surface area (Å²) in [5.74, 6) is -0.107. The van der Waals surface area contributed by atoms with Crippen LogP contribution in [0.25, 0.3) is 0 Å². The van der Waals surface area contributed by atoms with Crippen LogP contribution >= 0.6 is 0 Å². The van der Waals surface area contributed by atoms with Crippen molar-refractivity contribution in [1.82, 2.24) is 0 Å². The average Bonchev–Trinajstić information content (AvgIpc) is 2.26. The molecule has 0 aromatic heterocycles. The topological polar surface area (TPSA) is 46.5 Å². The molecular formula is C12H16O3. The van der Waals surface area contributed by atoms with Crippen LogP contribution in [0.3, 0.4) is 0 Å². The number of ether oxygens (including phenoxy) is 1. The molecule has 0 amide bonds. The second-order valence-electron chi connectivity index (χ2n) is 3.57. The highest BCUT2D eigenvalue weighted by molar-refractivity contribution is 5.91. The van der Waals surface area contributed by atoms with Crippen LogP contribution in [0.15, 0.2) is 18.2 Å². The van der Waals surface area contributed by atoms with Gasteiger partial charge in [-0.2, -0.15) is 0 Å². The largest absolute Gasteiger partial charge is 0.496 e. The summed E-state index contributed by atoms with van der Waals surface area (Å²) in [6, 6.07) is 5.25. The number of carbonyl (C=O) groups is 1. The van der Waals surface area contributed by atoms with Crippen molar-refractivity contribution in [3.63, 3.8) is 0 Å². The fraction of sp³-hybridized carbons (Fsp3) is 0.417. The average molecular weight is 208 g/mol. The number of hydrogen-bond donors (Lipinski definition) is 1. The van der Waals surface area contributed by atoms with Crippen LogP contribution in [0, 0.1) is 0 Å². The second kappa shape index (κ2) is 4.82. The molecule has 1 aromatic rings. The van der Waals surface area contributed by atoms with Crippen molar-refractivity contribution in [1.29, 1.82) is 0 Å². The zero-order chi connectivity index (χ0) is 11.4. The second-order valence-corrected chi connectivity index (χ2v) is 3.57. The first-order chi connectivity index (χ1) is 7.10. The predicted molar refractivity (Wildman–Crippen MR) is 58.7 cm³/mol. The summed E-state index contributed by atoms with van der Waals surface area (Å²) in [5, 5.41) is 8.90. The summed E-state index contributed by atoms with van der Waals surface area (Å²) < 4.78 is 5.06. The van der Waals surface area contributed by atoms with Gasteiger partial charge in [0.15, 0.2) is 0 Å². The van der Waals surface area contributed by atoms with E-state index in [0.29, 0.717) is 11.7 Å². The van der Waals surface area contributed by atoms with Crippen LogP contribution in [0.5, 0.6) is 5.75 Å². The number of rotatable bonds is 4. The molecule has 0 fully saturated rings. The molecule has 1 atom stereocenters. The van der Waals surface area contributed by atoms with Crippen LogP contribution in [0.2, 0.25) is 0 Å². The molecule has 15 heavy (non-hydrogen) atoms. The molecule has 1 aromatic carbocycles. The number of carboxylic acids is 1. The van der Waals surface area contributed by atoms with Crippen molar-refractivity contribution < 1.29 is 14.6 Å². The number of benzene rings is 1. The van der Waals surface area contributed by atoms with Gasteiger partial charge in [-0.1, -0.05) is 19.9 Å². The normalized spacial score (nSPS) is 12.2. The Bertz CT molecular complexity index is 358. The molecule has 82 valence electrons. The minimum Gasteiger partial charge on any atom is -0.496 e. The van der Waals surface area contributed by atoms with Gasteiger partial charge in [0.05, 0.1) is 7.11 Å². The number of hydrogen-bond acceptors (Lipinski definition) is 2. The van der Waals surface area contributed by atoms with Crippen LogP contribution < -0.4 is 4.74 Å². The van der Waals surface area contributed by atoms with Crippen LogP contribution in [0.1, 0.15) is 42.1 Å². The van der Waals surface area contributed by atoms with Crippen molar-refractivity contribution in [2.75, 3.05) is 7.11 Å². The third-order valence-electron chi connectivity index (χ3n) is 2.64. The van der Waals surface area contributed by atoms with Gasteiger partial charge < -0.3 is 9.84 Å². The Morgan fingerprint density at radius 2 is 2.20 bits per heavy atom. The molecule has 3 heteroatoms. The lowest BCUT2D eigenvalue weighted by atomic mass is 9.97. The lowest BCUT2D eigenvalue weighted by molar-refractivity contribution is 0.0693. The monoisotopic (exact) mass is 208 g/mol. The maximum atomic E-state index is 10.9. The van der Waals surface area contributed by atoms with Crippen LogP contribution in [-0.2, 0) is 0 Å². The van der Waals surface area contributed by atoms with E-state index >= 15 is 0 Å². The lowest BCUT2D eigenvalue weighted by Gasteiger charge is -2.12. The first-order valence-electron chi connectivity index (χ1n) is 5.01.